The summed E-state index contributed by atoms with van der Waals surface area (Å²) in [6.07, 6.45) is 13.5. The molecule has 0 amide bonds. The van der Waals surface area contributed by atoms with Crippen LogP contribution >= 0.6 is 0 Å². The molecule has 3 aliphatic rings. The maximum Gasteiger partial charge on any atom is 0.169 e. The van der Waals surface area contributed by atoms with Gasteiger partial charge in [0.1, 0.15) is 0 Å². The van der Waals surface area contributed by atoms with Crippen LogP contribution in [-0.2, 0) is 9.47 Å². The van der Waals surface area contributed by atoms with Crippen molar-refractivity contribution in [3.8, 4) is 0 Å². The van der Waals surface area contributed by atoms with Gasteiger partial charge in [-0.1, -0.05) is 12.2 Å². The van der Waals surface area contributed by atoms with E-state index in [2.05, 4.69) is 12.2 Å². The van der Waals surface area contributed by atoms with Crippen LogP contribution in [0, 0.1) is 5.41 Å². The van der Waals surface area contributed by atoms with Crippen LogP contribution in [0.5, 0.6) is 0 Å². The Kier molecular flexibility index (Phi) is 2.37. The van der Waals surface area contributed by atoms with E-state index in [9.17, 15) is 0 Å². The highest BCUT2D eigenvalue weighted by Crippen LogP contribution is 2.50. The van der Waals surface area contributed by atoms with Gasteiger partial charge in [0.2, 0.25) is 0 Å². The van der Waals surface area contributed by atoms with Crippen molar-refractivity contribution in [3.63, 3.8) is 0 Å². The first-order valence-corrected chi connectivity index (χ1v) is 6.28. The first kappa shape index (κ1) is 9.86. The molecule has 84 valence electrons. The quantitative estimate of drug-likeness (QED) is 0.570. The summed E-state index contributed by atoms with van der Waals surface area (Å²) in [5.74, 6) is -0.208. The van der Waals surface area contributed by atoms with Crippen molar-refractivity contribution in [3.05, 3.63) is 12.2 Å². The van der Waals surface area contributed by atoms with Crippen molar-refractivity contribution in [1.82, 2.24) is 0 Å². The number of hydrogen-bond donors (Lipinski definition) is 0. The molecule has 2 fully saturated rings. The Morgan fingerprint density at radius 1 is 0.933 bits per heavy atom. The first-order valence-electron chi connectivity index (χ1n) is 6.28. The third-order valence-electron chi connectivity index (χ3n) is 4.18. The summed E-state index contributed by atoms with van der Waals surface area (Å²) in [5.41, 5.74) is 0.404. The molecule has 0 aromatic carbocycles. The molecule has 1 saturated heterocycles. The molecule has 2 nitrogen and oxygen atoms in total. The lowest BCUT2D eigenvalue weighted by Crippen LogP contribution is -2.42. The number of hydrogen-bond acceptors (Lipinski definition) is 2. The maximum absolute atomic E-state index is 5.85. The topological polar surface area (TPSA) is 18.5 Å². The van der Waals surface area contributed by atoms with Crippen LogP contribution in [0.2, 0.25) is 0 Å². The predicted molar refractivity (Wildman–Crippen MR) is 58.5 cm³/mol. The molecule has 2 spiro atoms. The Bertz CT molecular complexity index is 266. The Morgan fingerprint density at radius 3 is 2.47 bits per heavy atom. The van der Waals surface area contributed by atoms with E-state index in [1.807, 2.05) is 0 Å². The van der Waals surface area contributed by atoms with Crippen LogP contribution in [0.1, 0.15) is 44.9 Å². The van der Waals surface area contributed by atoms with Crippen LogP contribution < -0.4 is 0 Å². The van der Waals surface area contributed by atoms with Gasteiger partial charge in [-0.2, -0.15) is 0 Å². The first-order chi connectivity index (χ1) is 7.33. The van der Waals surface area contributed by atoms with Gasteiger partial charge in [0.05, 0.1) is 13.2 Å². The highest BCUT2D eigenvalue weighted by molar-refractivity contribution is 5.08. The van der Waals surface area contributed by atoms with Gasteiger partial charge in [0.15, 0.2) is 5.79 Å². The van der Waals surface area contributed by atoms with E-state index in [0.717, 1.165) is 26.1 Å². The SMILES string of the molecule is C1=C[C@]2(CCC1)CCCC1(C2)OCCO1. The minimum absolute atomic E-state index is 0.208. The Hall–Kier alpha value is -0.340. The van der Waals surface area contributed by atoms with Crippen LogP contribution in [0.4, 0.5) is 0 Å². The molecule has 15 heavy (non-hydrogen) atoms. The monoisotopic (exact) mass is 208 g/mol. The standard InChI is InChI=1S/C13H20O2/c1-2-5-12(6-3-1)7-4-8-13(11-12)14-9-10-15-13/h2,5H,1,3-4,6-11H2/t12-/m0/s1. The number of rotatable bonds is 0. The van der Waals surface area contributed by atoms with E-state index in [0.29, 0.717) is 5.41 Å². The maximum atomic E-state index is 5.85. The van der Waals surface area contributed by atoms with Crippen LogP contribution in [0.25, 0.3) is 0 Å². The van der Waals surface area contributed by atoms with Crippen molar-refractivity contribution in [2.24, 2.45) is 5.41 Å². The molecule has 2 aliphatic carbocycles. The Morgan fingerprint density at radius 2 is 1.73 bits per heavy atom. The lowest BCUT2D eigenvalue weighted by Gasteiger charge is -2.44. The Labute approximate surface area is 91.6 Å². The summed E-state index contributed by atoms with van der Waals surface area (Å²) in [5, 5.41) is 0. The van der Waals surface area contributed by atoms with Gasteiger partial charge < -0.3 is 9.47 Å². The third kappa shape index (κ3) is 1.74. The van der Waals surface area contributed by atoms with Gasteiger partial charge in [-0.3, -0.25) is 0 Å². The van der Waals surface area contributed by atoms with Crippen molar-refractivity contribution in [1.29, 1.82) is 0 Å². The van der Waals surface area contributed by atoms with E-state index in [1.165, 1.54) is 32.1 Å². The fraction of sp³-hybridized carbons (Fsp3) is 0.846. The molecular weight excluding hydrogens is 188 g/mol. The van der Waals surface area contributed by atoms with Gasteiger partial charge in [-0.25, -0.2) is 0 Å². The molecule has 1 saturated carbocycles. The van der Waals surface area contributed by atoms with Gasteiger partial charge >= 0.3 is 0 Å². The van der Waals surface area contributed by atoms with Crippen LogP contribution in [-0.4, -0.2) is 19.0 Å². The summed E-state index contributed by atoms with van der Waals surface area (Å²) in [7, 11) is 0. The summed E-state index contributed by atoms with van der Waals surface area (Å²) >= 11 is 0. The van der Waals surface area contributed by atoms with E-state index in [-0.39, 0.29) is 5.79 Å². The zero-order valence-electron chi connectivity index (χ0n) is 9.34. The second kappa shape index (κ2) is 3.60. The minimum atomic E-state index is -0.208. The van der Waals surface area contributed by atoms with Crippen LogP contribution in [0.3, 0.4) is 0 Å². The van der Waals surface area contributed by atoms with Gasteiger partial charge in [0, 0.05) is 12.8 Å². The fourth-order valence-electron chi connectivity index (χ4n) is 3.51. The summed E-state index contributed by atoms with van der Waals surface area (Å²) in [6.45, 7) is 1.58. The fourth-order valence-corrected chi connectivity index (χ4v) is 3.51. The van der Waals surface area contributed by atoms with Gasteiger partial charge in [0.25, 0.3) is 0 Å². The molecule has 1 heterocycles. The van der Waals surface area contributed by atoms with E-state index in [1.54, 1.807) is 0 Å². The van der Waals surface area contributed by atoms with Gasteiger partial charge in [-0.05, 0) is 37.5 Å². The molecule has 0 radical (unpaired) electrons. The zero-order chi connectivity index (χ0) is 10.2. The van der Waals surface area contributed by atoms with E-state index in [4.69, 9.17) is 9.47 Å². The Balaban J connectivity index is 1.80. The molecule has 0 N–H and O–H groups in total. The molecule has 0 unspecified atom stereocenters. The molecule has 0 bridgehead atoms. The van der Waals surface area contributed by atoms with Crippen molar-refractivity contribution in [2.45, 2.75) is 50.7 Å². The molecule has 1 atom stereocenters. The molecule has 3 rings (SSSR count). The average molecular weight is 208 g/mol. The molecular formula is C13H20O2. The second-order valence-corrected chi connectivity index (χ2v) is 5.29. The third-order valence-corrected chi connectivity index (χ3v) is 4.18. The molecule has 2 heteroatoms. The molecule has 0 aromatic rings. The largest absolute Gasteiger partial charge is 0.348 e. The summed E-state index contributed by atoms with van der Waals surface area (Å²) in [6, 6.07) is 0. The van der Waals surface area contributed by atoms with Crippen molar-refractivity contribution >= 4 is 0 Å². The molecule has 0 aromatic heterocycles. The minimum Gasteiger partial charge on any atom is -0.348 e. The van der Waals surface area contributed by atoms with Crippen molar-refractivity contribution < 1.29 is 9.47 Å². The smallest absolute Gasteiger partial charge is 0.169 e. The number of allylic oxidation sites excluding steroid dienone is 2. The second-order valence-electron chi connectivity index (χ2n) is 5.29. The number of ether oxygens (including phenoxy) is 2. The molecule has 1 aliphatic heterocycles. The van der Waals surface area contributed by atoms with Crippen molar-refractivity contribution in [2.75, 3.05) is 13.2 Å². The lowest BCUT2D eigenvalue weighted by atomic mass is 9.67. The normalized spacial score (nSPS) is 38.9. The van der Waals surface area contributed by atoms with Crippen LogP contribution in [0.15, 0.2) is 12.2 Å². The lowest BCUT2D eigenvalue weighted by molar-refractivity contribution is -0.197. The average Bonchev–Trinajstić information content (AvgIpc) is 2.67. The summed E-state index contributed by atoms with van der Waals surface area (Å²) < 4.78 is 11.7. The summed E-state index contributed by atoms with van der Waals surface area (Å²) in [4.78, 5) is 0. The zero-order valence-corrected chi connectivity index (χ0v) is 9.34. The van der Waals surface area contributed by atoms with Gasteiger partial charge in [-0.15, -0.1) is 0 Å². The van der Waals surface area contributed by atoms with E-state index >= 15 is 0 Å². The highest BCUT2D eigenvalue weighted by Gasteiger charge is 2.47. The highest BCUT2D eigenvalue weighted by atomic mass is 16.7. The predicted octanol–water partition coefficient (Wildman–Crippen LogP) is 3.03. The van der Waals surface area contributed by atoms with E-state index < -0.39 is 0 Å².